The molecule has 1 fully saturated rings. The first-order valence-electron chi connectivity index (χ1n) is 15.4. The van der Waals surface area contributed by atoms with E-state index in [4.69, 9.17) is 23.2 Å². The maximum Gasteiger partial charge on any atom is 0.261 e. The van der Waals surface area contributed by atoms with E-state index in [-0.39, 0.29) is 40.5 Å². The summed E-state index contributed by atoms with van der Waals surface area (Å²) in [6.45, 7) is 6.64. The molecule has 0 unspecified atom stereocenters. The van der Waals surface area contributed by atoms with Gasteiger partial charge in [-0.05, 0) is 69.9 Å². The average molecular weight is 713 g/mol. The van der Waals surface area contributed by atoms with Crippen molar-refractivity contribution in [2.24, 2.45) is 0 Å². The Balaban J connectivity index is 1.41. The van der Waals surface area contributed by atoms with Crippen molar-refractivity contribution in [1.82, 2.24) is 29.1 Å². The van der Waals surface area contributed by atoms with Gasteiger partial charge in [0.2, 0.25) is 11.9 Å². The SMILES string of the molecule is Cc1ncc(-c2ccc(C[C@]3(C)C(=O)N(c4cc(Cl)cc(Cl)c4)c4ncc(S(=O)(=O)N5CCC[C@H]5C(=O)NCC(C)(C)O)n43)cc2)cn1. The van der Waals surface area contributed by atoms with Crippen molar-refractivity contribution in [1.29, 1.82) is 0 Å². The van der Waals surface area contributed by atoms with Crippen molar-refractivity contribution in [3.05, 3.63) is 82.5 Å². The molecular formula is C33H35Cl2N7O5S. The second-order valence-electron chi connectivity index (χ2n) is 13.0. The maximum absolute atomic E-state index is 14.5. The van der Waals surface area contributed by atoms with Gasteiger partial charge in [0.05, 0.1) is 17.5 Å². The number of carbonyl (C=O) groups is 2. The van der Waals surface area contributed by atoms with Gasteiger partial charge in [0.25, 0.3) is 15.9 Å². The fraction of sp³-hybridized carbons (Fsp3) is 0.364. The quantitative estimate of drug-likeness (QED) is 0.255. The van der Waals surface area contributed by atoms with Gasteiger partial charge in [0.15, 0.2) is 5.03 Å². The molecule has 252 valence electrons. The zero-order valence-electron chi connectivity index (χ0n) is 26.8. The summed E-state index contributed by atoms with van der Waals surface area (Å²) in [4.78, 5) is 42.0. The summed E-state index contributed by atoms with van der Waals surface area (Å²) in [6.07, 6.45) is 5.57. The van der Waals surface area contributed by atoms with Crippen LogP contribution in [0.5, 0.6) is 0 Å². The molecule has 2 atom stereocenters. The number of benzene rings is 2. The fourth-order valence-electron chi connectivity index (χ4n) is 6.20. The third-order valence-electron chi connectivity index (χ3n) is 8.56. The molecule has 2 aliphatic heterocycles. The van der Waals surface area contributed by atoms with Gasteiger partial charge in [-0.2, -0.15) is 4.31 Å². The van der Waals surface area contributed by atoms with E-state index in [0.717, 1.165) is 21.0 Å². The van der Waals surface area contributed by atoms with Crippen molar-refractivity contribution >= 4 is 56.7 Å². The smallest absolute Gasteiger partial charge is 0.261 e. The highest BCUT2D eigenvalue weighted by Gasteiger charge is 2.53. The summed E-state index contributed by atoms with van der Waals surface area (Å²) in [5.74, 6) is -0.203. The molecule has 2 N–H and O–H groups in total. The lowest BCUT2D eigenvalue weighted by molar-refractivity contribution is -0.125. The first-order chi connectivity index (χ1) is 22.6. The Hall–Kier alpha value is -3.88. The Morgan fingerprint density at radius 1 is 1.04 bits per heavy atom. The molecular weight excluding hydrogens is 677 g/mol. The van der Waals surface area contributed by atoms with Crippen LogP contribution in [0, 0.1) is 6.92 Å². The summed E-state index contributed by atoms with van der Waals surface area (Å²) >= 11 is 12.7. The monoisotopic (exact) mass is 711 g/mol. The number of aryl methyl sites for hydroxylation is 1. The Morgan fingerprint density at radius 2 is 1.69 bits per heavy atom. The van der Waals surface area contributed by atoms with Crippen LogP contribution in [0.15, 0.2) is 66.1 Å². The van der Waals surface area contributed by atoms with Gasteiger partial charge >= 0.3 is 0 Å². The summed E-state index contributed by atoms with van der Waals surface area (Å²) in [5, 5.41) is 13.1. The van der Waals surface area contributed by atoms with E-state index in [1.807, 2.05) is 31.2 Å². The molecule has 2 aromatic heterocycles. The zero-order chi connectivity index (χ0) is 34.6. The van der Waals surface area contributed by atoms with Gasteiger partial charge in [0.1, 0.15) is 17.4 Å². The molecule has 0 spiro atoms. The highest BCUT2D eigenvalue weighted by atomic mass is 35.5. The molecule has 0 saturated carbocycles. The Bertz CT molecular complexity index is 1980. The number of aromatic nitrogens is 4. The predicted molar refractivity (Wildman–Crippen MR) is 182 cm³/mol. The lowest BCUT2D eigenvalue weighted by atomic mass is 9.91. The minimum absolute atomic E-state index is 0.0439. The molecule has 15 heteroatoms. The Labute approximate surface area is 288 Å². The third kappa shape index (κ3) is 6.32. The minimum Gasteiger partial charge on any atom is -0.389 e. The molecule has 12 nitrogen and oxygen atoms in total. The minimum atomic E-state index is -4.36. The lowest BCUT2D eigenvalue weighted by Crippen LogP contribution is -2.49. The van der Waals surface area contributed by atoms with Gasteiger partial charge in [-0.25, -0.2) is 28.3 Å². The first-order valence-corrected chi connectivity index (χ1v) is 17.6. The van der Waals surface area contributed by atoms with Crippen LogP contribution in [0.25, 0.3) is 11.1 Å². The molecule has 2 amide bonds. The number of nitrogens with zero attached hydrogens (tertiary/aromatic N) is 6. The van der Waals surface area contributed by atoms with Gasteiger partial charge in [-0.15, -0.1) is 0 Å². The highest BCUT2D eigenvalue weighted by molar-refractivity contribution is 7.89. The number of amides is 2. The zero-order valence-corrected chi connectivity index (χ0v) is 29.1. The molecule has 1 saturated heterocycles. The van der Waals surface area contributed by atoms with Crippen molar-refractivity contribution in [2.75, 3.05) is 18.0 Å². The number of anilines is 2. The Kier molecular flexibility index (Phi) is 8.88. The second kappa shape index (κ2) is 12.5. The van der Waals surface area contributed by atoms with Crippen molar-refractivity contribution in [2.45, 2.75) is 69.2 Å². The summed E-state index contributed by atoms with van der Waals surface area (Å²) in [5.41, 5.74) is 0.169. The number of imidazole rings is 1. The normalized spacial score (nSPS) is 19.9. The number of carbonyl (C=O) groups excluding carboxylic acids is 2. The highest BCUT2D eigenvalue weighted by Crippen LogP contribution is 2.45. The van der Waals surface area contributed by atoms with E-state index < -0.39 is 39.0 Å². The van der Waals surface area contributed by atoms with E-state index in [2.05, 4.69) is 20.3 Å². The molecule has 0 aliphatic carbocycles. The maximum atomic E-state index is 14.5. The number of rotatable bonds is 9. The van der Waals surface area contributed by atoms with Crippen LogP contribution in [0.4, 0.5) is 11.6 Å². The molecule has 48 heavy (non-hydrogen) atoms. The topological polar surface area (TPSA) is 151 Å². The van der Waals surface area contributed by atoms with E-state index >= 15 is 0 Å². The van der Waals surface area contributed by atoms with Crippen molar-refractivity contribution in [3.8, 4) is 11.1 Å². The first kappa shape index (κ1) is 34.0. The fourth-order valence-corrected chi connectivity index (χ4v) is 8.56. The summed E-state index contributed by atoms with van der Waals surface area (Å²) in [7, 11) is -4.36. The average Bonchev–Trinajstić information content (AvgIpc) is 3.73. The molecule has 0 bridgehead atoms. The van der Waals surface area contributed by atoms with Crippen molar-refractivity contribution < 1.29 is 23.1 Å². The Morgan fingerprint density at radius 3 is 2.31 bits per heavy atom. The number of halogens is 2. The number of nitrogens with one attached hydrogen (secondary N) is 1. The van der Waals surface area contributed by atoms with Gasteiger partial charge in [-0.3, -0.25) is 14.2 Å². The van der Waals surface area contributed by atoms with Crippen LogP contribution >= 0.6 is 23.2 Å². The van der Waals surface area contributed by atoms with Crippen molar-refractivity contribution in [3.63, 3.8) is 0 Å². The molecule has 0 radical (unpaired) electrons. The van der Waals surface area contributed by atoms with Crippen LogP contribution in [-0.2, 0) is 31.6 Å². The van der Waals surface area contributed by atoms with Gasteiger partial charge in [0, 0.05) is 47.5 Å². The number of fused-ring (bicyclic) bond motifs is 1. The number of hydrogen-bond acceptors (Lipinski definition) is 8. The number of hydrogen-bond donors (Lipinski definition) is 2. The number of aliphatic hydroxyl groups is 1. The van der Waals surface area contributed by atoms with Crippen LogP contribution < -0.4 is 10.2 Å². The van der Waals surface area contributed by atoms with E-state index in [0.29, 0.717) is 24.4 Å². The molecule has 6 rings (SSSR count). The molecule has 4 aromatic rings. The molecule has 4 heterocycles. The van der Waals surface area contributed by atoms with E-state index in [9.17, 15) is 23.1 Å². The standard InChI is InChI=1S/C33H35Cl2N7O5S/c1-20-36-16-23(17-37-20)22-9-7-21(8-10-22)15-33(4)30(44)41(26-13-24(34)12-25(35)14-26)31-38-18-28(42(31)33)48(46,47)40-11-5-6-27(40)29(43)39-19-32(2,3)45/h7-10,12-14,16-18,27,45H,5-6,11,15,19H2,1-4H3,(H,39,43)/t27-,33+/m0/s1. The van der Waals surface area contributed by atoms with Crippen LogP contribution in [0.2, 0.25) is 10.0 Å². The predicted octanol–water partition coefficient (Wildman–Crippen LogP) is 4.63. The van der Waals surface area contributed by atoms with Crippen LogP contribution in [-0.4, -0.2) is 73.9 Å². The van der Waals surface area contributed by atoms with E-state index in [1.165, 1.54) is 21.7 Å². The second-order valence-corrected chi connectivity index (χ2v) is 15.7. The van der Waals surface area contributed by atoms with Crippen LogP contribution in [0.3, 0.4) is 0 Å². The lowest BCUT2D eigenvalue weighted by Gasteiger charge is -2.29. The number of sulfonamides is 1. The van der Waals surface area contributed by atoms with Crippen LogP contribution in [0.1, 0.15) is 45.0 Å². The summed E-state index contributed by atoms with van der Waals surface area (Å²) in [6, 6.07) is 11.2. The largest absolute Gasteiger partial charge is 0.389 e. The molecule has 2 aliphatic rings. The molecule has 2 aromatic carbocycles. The third-order valence-corrected chi connectivity index (χ3v) is 10.9. The van der Waals surface area contributed by atoms with E-state index in [1.54, 1.807) is 45.3 Å². The van der Waals surface area contributed by atoms with Gasteiger partial charge in [-0.1, -0.05) is 47.5 Å². The summed E-state index contributed by atoms with van der Waals surface area (Å²) < 4.78 is 31.5. The van der Waals surface area contributed by atoms with Gasteiger partial charge < -0.3 is 10.4 Å².